The number of hydrogen-bond donors (Lipinski definition) is 0. The van der Waals surface area contributed by atoms with Gasteiger partial charge in [0.2, 0.25) is 0 Å². The second-order valence-corrected chi connectivity index (χ2v) is 6.46. The summed E-state index contributed by atoms with van der Waals surface area (Å²) in [6.07, 6.45) is 4.78. The van der Waals surface area contributed by atoms with Crippen molar-refractivity contribution in [3.63, 3.8) is 0 Å². The van der Waals surface area contributed by atoms with Gasteiger partial charge < -0.3 is 59.5 Å². The van der Waals surface area contributed by atoms with Crippen LogP contribution in [0.1, 0.15) is 53.4 Å². The van der Waals surface area contributed by atoms with Crippen LogP contribution >= 0.6 is 24.4 Å². The van der Waals surface area contributed by atoms with Crippen molar-refractivity contribution in [3.8, 4) is 0 Å². The van der Waals surface area contributed by atoms with E-state index in [9.17, 15) is 0 Å². The van der Waals surface area contributed by atoms with Crippen LogP contribution in [0, 0.1) is 0 Å². The van der Waals surface area contributed by atoms with Crippen molar-refractivity contribution >= 4 is 58.3 Å². The molecular formula is C14H28CuN2S4. The molecule has 0 rings (SSSR count). The van der Waals surface area contributed by atoms with Gasteiger partial charge in [0.25, 0.3) is 0 Å². The molecule has 7 heteroatoms. The number of hydrogen-bond acceptors (Lipinski definition) is 4. The van der Waals surface area contributed by atoms with E-state index in [1.807, 2.05) is 9.80 Å². The van der Waals surface area contributed by atoms with Crippen LogP contribution in [0.4, 0.5) is 0 Å². The normalized spacial score (nSPS) is 8.95. The average molecular weight is 416 g/mol. The van der Waals surface area contributed by atoms with Crippen molar-refractivity contribution in [3.05, 3.63) is 0 Å². The Hall–Kier alpha value is 0.739. The van der Waals surface area contributed by atoms with Gasteiger partial charge in [-0.2, -0.15) is 0 Å². The van der Waals surface area contributed by atoms with E-state index in [0.717, 1.165) is 26.2 Å². The molecule has 21 heavy (non-hydrogen) atoms. The molecule has 0 saturated heterocycles. The Labute approximate surface area is 164 Å². The molecule has 0 aromatic carbocycles. The molecule has 0 spiro atoms. The van der Waals surface area contributed by atoms with Crippen LogP contribution in [0.3, 0.4) is 0 Å². The van der Waals surface area contributed by atoms with E-state index in [1.54, 1.807) is 0 Å². The molecule has 0 amide bonds. The van der Waals surface area contributed by atoms with Crippen molar-refractivity contribution < 1.29 is 17.1 Å². The monoisotopic (exact) mass is 415 g/mol. The van der Waals surface area contributed by atoms with E-state index in [-0.39, 0.29) is 17.1 Å². The van der Waals surface area contributed by atoms with Gasteiger partial charge in [-0.3, -0.25) is 0 Å². The molecule has 0 N–H and O–H groups in total. The first-order chi connectivity index (χ1) is 9.44. The fourth-order valence-electron chi connectivity index (χ4n) is 1.45. The summed E-state index contributed by atoms with van der Waals surface area (Å²) < 4.78 is 1.21. The average Bonchev–Trinajstić information content (AvgIpc) is 2.40. The van der Waals surface area contributed by atoms with Crippen LogP contribution in [0.2, 0.25) is 0 Å². The molecule has 0 aromatic rings. The molecule has 2 nitrogen and oxygen atoms in total. The van der Waals surface area contributed by atoms with E-state index >= 15 is 0 Å². The van der Waals surface area contributed by atoms with Crippen molar-refractivity contribution in [2.24, 2.45) is 0 Å². The van der Waals surface area contributed by atoms with E-state index < -0.39 is 0 Å². The van der Waals surface area contributed by atoms with Gasteiger partial charge in [0.15, 0.2) is 0 Å². The molecule has 0 saturated carbocycles. The molecule has 0 unspecified atom stereocenters. The zero-order valence-electron chi connectivity index (χ0n) is 13.5. The van der Waals surface area contributed by atoms with Crippen molar-refractivity contribution in [2.45, 2.75) is 53.4 Å². The van der Waals surface area contributed by atoms with Crippen LogP contribution in [-0.4, -0.2) is 44.6 Å². The van der Waals surface area contributed by atoms with Gasteiger partial charge in [0.05, 0.1) is 0 Å². The molecule has 0 bridgehead atoms. The Balaban J connectivity index is -0.000000295. The smallest absolute Gasteiger partial charge is 0.411 e. The van der Waals surface area contributed by atoms with Crippen LogP contribution in [0.15, 0.2) is 0 Å². The molecule has 0 aliphatic rings. The van der Waals surface area contributed by atoms with Gasteiger partial charge in [-0.25, -0.2) is 0 Å². The third-order valence-corrected chi connectivity index (χ3v) is 3.88. The molecule has 129 valence electrons. The Morgan fingerprint density at radius 2 is 1.05 bits per heavy atom. The second kappa shape index (κ2) is 18.8. The standard InChI is InChI=1S/2C7H15NS2.Cu/c2*1-3-5-6-8(4-2)7(9)10;/h2*3-6H2,1-2H3,(H,9,10);/q;;+2/p-2. The topological polar surface area (TPSA) is 6.48 Å². The zero-order chi connectivity index (χ0) is 16.0. The van der Waals surface area contributed by atoms with Gasteiger partial charge in [-0.1, -0.05) is 35.3 Å². The van der Waals surface area contributed by atoms with E-state index in [1.165, 1.54) is 25.7 Å². The van der Waals surface area contributed by atoms with Gasteiger partial charge in [0.1, 0.15) is 0 Å². The Kier molecular flexibility index (Phi) is 23.8. The SMILES string of the molecule is CCCCN(CC)C(=S)[S-].CCCCN(CC)C(=S)[S-].[Cu+2]. The molecule has 0 aliphatic carbocycles. The first-order valence-corrected chi connectivity index (χ1v) is 8.99. The minimum absolute atomic E-state index is 0. The Bertz CT molecular complexity index is 239. The summed E-state index contributed by atoms with van der Waals surface area (Å²) in [6, 6.07) is 0. The molecule has 0 atom stereocenters. The number of thiocarbonyl (C=S) groups is 2. The van der Waals surface area contributed by atoms with E-state index in [2.05, 4.69) is 27.7 Å². The first kappa shape index (κ1) is 26.6. The quantitative estimate of drug-likeness (QED) is 0.334. The summed E-state index contributed by atoms with van der Waals surface area (Å²) in [6.45, 7) is 12.4. The van der Waals surface area contributed by atoms with Crippen LogP contribution in [0.25, 0.3) is 0 Å². The second-order valence-electron chi connectivity index (χ2n) is 4.40. The molecular weight excluding hydrogens is 388 g/mol. The van der Waals surface area contributed by atoms with Gasteiger partial charge in [-0.05, 0) is 26.7 Å². The van der Waals surface area contributed by atoms with Crippen LogP contribution < -0.4 is 0 Å². The van der Waals surface area contributed by atoms with Gasteiger partial charge in [-0.15, -0.1) is 0 Å². The van der Waals surface area contributed by atoms with E-state index in [0.29, 0.717) is 8.64 Å². The minimum Gasteiger partial charge on any atom is -0.411 e. The minimum atomic E-state index is 0. The van der Waals surface area contributed by atoms with Crippen LogP contribution in [0.5, 0.6) is 0 Å². The van der Waals surface area contributed by atoms with Gasteiger partial charge >= 0.3 is 17.1 Å². The van der Waals surface area contributed by atoms with Crippen molar-refractivity contribution in [2.75, 3.05) is 26.2 Å². The number of rotatable bonds is 8. The fourth-order valence-corrected chi connectivity index (χ4v) is 2.34. The van der Waals surface area contributed by atoms with Crippen molar-refractivity contribution in [1.82, 2.24) is 9.80 Å². The Morgan fingerprint density at radius 3 is 1.19 bits per heavy atom. The third kappa shape index (κ3) is 16.9. The summed E-state index contributed by atoms with van der Waals surface area (Å²) in [5, 5.41) is 0. The predicted octanol–water partition coefficient (Wildman–Crippen LogP) is 3.88. The summed E-state index contributed by atoms with van der Waals surface area (Å²) in [5.74, 6) is 0. The third-order valence-electron chi connectivity index (χ3n) is 2.84. The Morgan fingerprint density at radius 1 is 0.762 bits per heavy atom. The number of nitrogens with zero attached hydrogens (tertiary/aromatic N) is 2. The number of unbranched alkanes of at least 4 members (excludes halogenated alkanes) is 2. The van der Waals surface area contributed by atoms with Crippen molar-refractivity contribution in [1.29, 1.82) is 0 Å². The molecule has 0 aromatic heterocycles. The summed E-state index contributed by atoms with van der Waals surface area (Å²) in [7, 11) is 0. The summed E-state index contributed by atoms with van der Waals surface area (Å²) in [5.41, 5.74) is 0. The van der Waals surface area contributed by atoms with Crippen LogP contribution in [-0.2, 0) is 42.3 Å². The molecule has 0 aliphatic heterocycles. The maximum absolute atomic E-state index is 4.87. The van der Waals surface area contributed by atoms with Gasteiger partial charge in [0, 0.05) is 26.2 Å². The van der Waals surface area contributed by atoms with E-state index in [4.69, 9.17) is 49.7 Å². The summed E-state index contributed by atoms with van der Waals surface area (Å²) >= 11 is 19.5. The molecule has 0 heterocycles. The molecule has 0 fully saturated rings. The predicted molar refractivity (Wildman–Crippen MR) is 104 cm³/mol. The largest absolute Gasteiger partial charge is 2.00 e. The maximum Gasteiger partial charge on any atom is 2.00 e. The summed E-state index contributed by atoms with van der Waals surface area (Å²) in [4.78, 5) is 4.10. The fraction of sp³-hybridized carbons (Fsp3) is 0.857. The first-order valence-electron chi connectivity index (χ1n) is 7.36. The molecule has 1 radical (unpaired) electrons. The zero-order valence-corrected chi connectivity index (χ0v) is 17.7. The maximum atomic E-state index is 4.87.